The molecular formula is C13H17NS. The summed E-state index contributed by atoms with van der Waals surface area (Å²) in [5.74, 6) is 0.272. The molecule has 80 valence electrons. The second kappa shape index (κ2) is 5.66. The summed E-state index contributed by atoms with van der Waals surface area (Å²) in [6, 6.07) is 10.3. The van der Waals surface area contributed by atoms with Gasteiger partial charge in [-0.3, -0.25) is 0 Å². The fourth-order valence-corrected chi connectivity index (χ4v) is 1.78. The summed E-state index contributed by atoms with van der Waals surface area (Å²) in [6.45, 7) is 3.79. The van der Waals surface area contributed by atoms with E-state index in [2.05, 4.69) is 18.7 Å². The monoisotopic (exact) mass is 219 g/mol. The number of benzene rings is 1. The van der Waals surface area contributed by atoms with E-state index in [1.54, 1.807) is 0 Å². The SMILES string of the molecule is C=CCC(C(=S)N(C)C)c1ccccc1. The smallest absolute Gasteiger partial charge is 0.0853 e. The maximum atomic E-state index is 5.42. The molecule has 1 aromatic carbocycles. The summed E-state index contributed by atoms with van der Waals surface area (Å²) in [5, 5.41) is 0. The lowest BCUT2D eigenvalue weighted by Gasteiger charge is -2.22. The molecule has 0 aliphatic heterocycles. The van der Waals surface area contributed by atoms with Gasteiger partial charge in [0.2, 0.25) is 0 Å². The normalized spacial score (nSPS) is 11.9. The van der Waals surface area contributed by atoms with Crippen molar-refractivity contribution in [2.24, 2.45) is 0 Å². The van der Waals surface area contributed by atoms with Crippen LogP contribution in [-0.2, 0) is 0 Å². The molecule has 0 saturated heterocycles. The van der Waals surface area contributed by atoms with E-state index in [9.17, 15) is 0 Å². The van der Waals surface area contributed by atoms with Crippen LogP contribution in [0.5, 0.6) is 0 Å². The van der Waals surface area contributed by atoms with Gasteiger partial charge in [-0.2, -0.15) is 0 Å². The lowest BCUT2D eigenvalue weighted by molar-refractivity contribution is 0.601. The van der Waals surface area contributed by atoms with Crippen LogP contribution in [0.25, 0.3) is 0 Å². The molecule has 0 spiro atoms. The van der Waals surface area contributed by atoms with Crippen LogP contribution in [0.2, 0.25) is 0 Å². The Morgan fingerprint density at radius 2 is 2.00 bits per heavy atom. The Morgan fingerprint density at radius 1 is 1.40 bits per heavy atom. The highest BCUT2D eigenvalue weighted by molar-refractivity contribution is 7.80. The van der Waals surface area contributed by atoms with Crippen molar-refractivity contribution in [1.82, 2.24) is 4.90 Å². The Bertz CT molecular complexity index is 330. The zero-order chi connectivity index (χ0) is 11.3. The van der Waals surface area contributed by atoms with E-state index < -0.39 is 0 Å². The first-order chi connectivity index (χ1) is 7.16. The van der Waals surface area contributed by atoms with E-state index in [1.165, 1.54) is 5.56 Å². The Labute approximate surface area is 97.4 Å². The van der Waals surface area contributed by atoms with Gasteiger partial charge in [-0.25, -0.2) is 0 Å². The molecule has 0 heterocycles. The number of thiocarbonyl (C=S) groups is 1. The van der Waals surface area contributed by atoms with E-state index in [-0.39, 0.29) is 5.92 Å². The molecule has 15 heavy (non-hydrogen) atoms. The van der Waals surface area contributed by atoms with E-state index in [1.807, 2.05) is 43.3 Å². The molecule has 1 unspecified atom stereocenters. The third-order valence-electron chi connectivity index (χ3n) is 2.34. The molecule has 1 aromatic rings. The van der Waals surface area contributed by atoms with E-state index >= 15 is 0 Å². The maximum Gasteiger partial charge on any atom is 0.0853 e. The van der Waals surface area contributed by atoms with Gasteiger partial charge in [-0.1, -0.05) is 48.6 Å². The van der Waals surface area contributed by atoms with Crippen molar-refractivity contribution < 1.29 is 0 Å². The number of hydrogen-bond acceptors (Lipinski definition) is 1. The van der Waals surface area contributed by atoms with Crippen molar-refractivity contribution in [2.45, 2.75) is 12.3 Å². The minimum Gasteiger partial charge on any atom is -0.372 e. The zero-order valence-electron chi connectivity index (χ0n) is 9.31. The first kappa shape index (κ1) is 11.9. The Morgan fingerprint density at radius 3 is 2.47 bits per heavy atom. The molecule has 0 bridgehead atoms. The Hall–Kier alpha value is -1.15. The van der Waals surface area contributed by atoms with Crippen LogP contribution in [0.1, 0.15) is 17.9 Å². The molecule has 0 aromatic heterocycles. The quantitative estimate of drug-likeness (QED) is 0.565. The number of rotatable bonds is 4. The fourth-order valence-electron chi connectivity index (χ4n) is 1.54. The number of allylic oxidation sites excluding steroid dienone is 1. The third-order valence-corrected chi connectivity index (χ3v) is 2.99. The van der Waals surface area contributed by atoms with Gasteiger partial charge < -0.3 is 4.90 Å². The van der Waals surface area contributed by atoms with Gasteiger partial charge in [-0.05, 0) is 12.0 Å². The van der Waals surface area contributed by atoms with Crippen molar-refractivity contribution in [3.05, 3.63) is 48.6 Å². The second-order valence-electron chi connectivity index (χ2n) is 3.72. The van der Waals surface area contributed by atoms with Crippen LogP contribution in [0, 0.1) is 0 Å². The zero-order valence-corrected chi connectivity index (χ0v) is 10.1. The van der Waals surface area contributed by atoms with Crippen LogP contribution < -0.4 is 0 Å². The summed E-state index contributed by atoms with van der Waals surface area (Å²) in [5.41, 5.74) is 1.26. The van der Waals surface area contributed by atoms with Gasteiger partial charge in [0.05, 0.1) is 4.99 Å². The average molecular weight is 219 g/mol. The standard InChI is InChI=1S/C13H17NS/c1-4-8-12(13(15)14(2)3)11-9-6-5-7-10-11/h4-7,9-10,12H,1,8H2,2-3H3. The molecule has 1 nitrogen and oxygen atoms in total. The average Bonchev–Trinajstić information content (AvgIpc) is 2.26. The van der Waals surface area contributed by atoms with Crippen molar-refractivity contribution in [3.63, 3.8) is 0 Å². The van der Waals surface area contributed by atoms with Gasteiger partial charge in [0.25, 0.3) is 0 Å². The van der Waals surface area contributed by atoms with E-state index in [4.69, 9.17) is 12.2 Å². The predicted molar refractivity (Wildman–Crippen MR) is 70.3 cm³/mol. The number of likely N-dealkylation sites (N-methyl/N-ethyl adjacent to an activating group) is 1. The highest BCUT2D eigenvalue weighted by Gasteiger charge is 2.16. The van der Waals surface area contributed by atoms with Crippen molar-refractivity contribution in [2.75, 3.05) is 14.1 Å². The van der Waals surface area contributed by atoms with Gasteiger partial charge in [0.1, 0.15) is 0 Å². The van der Waals surface area contributed by atoms with Crippen LogP contribution in [0.4, 0.5) is 0 Å². The Kier molecular flexibility index (Phi) is 4.50. The minimum atomic E-state index is 0.272. The molecule has 0 amide bonds. The molecule has 0 saturated carbocycles. The summed E-state index contributed by atoms with van der Waals surface area (Å²) in [7, 11) is 3.97. The second-order valence-corrected chi connectivity index (χ2v) is 4.14. The van der Waals surface area contributed by atoms with Gasteiger partial charge in [0, 0.05) is 20.0 Å². The fraction of sp³-hybridized carbons (Fsp3) is 0.308. The van der Waals surface area contributed by atoms with Crippen LogP contribution in [-0.4, -0.2) is 24.0 Å². The molecule has 1 rings (SSSR count). The maximum absolute atomic E-state index is 5.42. The molecule has 0 N–H and O–H groups in total. The largest absolute Gasteiger partial charge is 0.372 e. The summed E-state index contributed by atoms with van der Waals surface area (Å²) >= 11 is 5.42. The van der Waals surface area contributed by atoms with Gasteiger partial charge in [0.15, 0.2) is 0 Å². The van der Waals surface area contributed by atoms with E-state index in [0.29, 0.717) is 0 Å². The van der Waals surface area contributed by atoms with E-state index in [0.717, 1.165) is 11.4 Å². The van der Waals surface area contributed by atoms with Crippen molar-refractivity contribution in [1.29, 1.82) is 0 Å². The van der Waals surface area contributed by atoms with Crippen molar-refractivity contribution >= 4 is 17.2 Å². The topological polar surface area (TPSA) is 3.24 Å². The minimum absolute atomic E-state index is 0.272. The third kappa shape index (κ3) is 3.17. The number of hydrogen-bond donors (Lipinski definition) is 0. The first-order valence-corrected chi connectivity index (χ1v) is 5.44. The highest BCUT2D eigenvalue weighted by atomic mass is 32.1. The molecule has 0 aliphatic carbocycles. The molecular weight excluding hydrogens is 202 g/mol. The lowest BCUT2D eigenvalue weighted by atomic mass is 9.95. The summed E-state index contributed by atoms with van der Waals surface area (Å²) in [6.07, 6.45) is 2.81. The first-order valence-electron chi connectivity index (χ1n) is 5.03. The van der Waals surface area contributed by atoms with Crippen molar-refractivity contribution in [3.8, 4) is 0 Å². The lowest BCUT2D eigenvalue weighted by Crippen LogP contribution is -2.26. The van der Waals surface area contributed by atoms with Gasteiger partial charge >= 0.3 is 0 Å². The summed E-state index contributed by atoms with van der Waals surface area (Å²) in [4.78, 5) is 2.96. The molecule has 0 fully saturated rings. The van der Waals surface area contributed by atoms with Crippen LogP contribution >= 0.6 is 12.2 Å². The molecule has 1 atom stereocenters. The van der Waals surface area contributed by atoms with Gasteiger partial charge in [-0.15, -0.1) is 6.58 Å². The Balaban J connectivity index is 2.93. The van der Waals surface area contributed by atoms with Crippen LogP contribution in [0.15, 0.2) is 43.0 Å². The van der Waals surface area contributed by atoms with Crippen LogP contribution in [0.3, 0.4) is 0 Å². The number of nitrogens with zero attached hydrogens (tertiary/aromatic N) is 1. The molecule has 0 aliphatic rings. The predicted octanol–water partition coefficient (Wildman–Crippen LogP) is 3.24. The molecule has 0 radical (unpaired) electrons. The highest BCUT2D eigenvalue weighted by Crippen LogP contribution is 2.22. The molecule has 2 heteroatoms. The summed E-state index contributed by atoms with van der Waals surface area (Å²) < 4.78 is 0.